The lowest BCUT2D eigenvalue weighted by atomic mass is 10.1. The number of nitrogen functional groups attached to an aromatic ring is 1. The fourth-order valence-corrected chi connectivity index (χ4v) is 2.21. The fourth-order valence-electron chi connectivity index (χ4n) is 2.21. The number of carbonyl (C=O) groups is 2. The second-order valence-electron chi connectivity index (χ2n) is 5.93. The standard InChI is InChI=1S/C19H23N3O3/c1-13(2)22-18(23)11-21-19(24)16-9-8-15(10-17(16)20)25-12-14-6-4-3-5-7-14/h3-10,13H,11-12,20H2,1-2H3,(H,21,24)(H,22,23). The third-order valence-corrected chi connectivity index (χ3v) is 3.38. The number of ether oxygens (including phenoxy) is 1. The molecule has 0 bridgehead atoms. The summed E-state index contributed by atoms with van der Waals surface area (Å²) in [6.45, 7) is 4.03. The van der Waals surface area contributed by atoms with Crippen LogP contribution in [0.3, 0.4) is 0 Å². The average molecular weight is 341 g/mol. The highest BCUT2D eigenvalue weighted by atomic mass is 16.5. The molecule has 2 aromatic carbocycles. The molecule has 0 radical (unpaired) electrons. The van der Waals surface area contributed by atoms with Crippen LogP contribution in [0.1, 0.15) is 29.8 Å². The number of nitrogens with two attached hydrogens (primary N) is 1. The molecule has 0 spiro atoms. The Morgan fingerprint density at radius 1 is 1.12 bits per heavy atom. The molecule has 4 N–H and O–H groups in total. The van der Waals surface area contributed by atoms with Crippen molar-refractivity contribution in [2.75, 3.05) is 12.3 Å². The van der Waals surface area contributed by atoms with Crippen LogP contribution in [0.25, 0.3) is 0 Å². The van der Waals surface area contributed by atoms with Gasteiger partial charge in [-0.1, -0.05) is 30.3 Å². The molecule has 0 saturated carbocycles. The summed E-state index contributed by atoms with van der Waals surface area (Å²) in [5.74, 6) is -0.0637. The molecule has 2 rings (SSSR count). The molecule has 0 aliphatic carbocycles. The second-order valence-corrected chi connectivity index (χ2v) is 5.93. The zero-order chi connectivity index (χ0) is 18.2. The topological polar surface area (TPSA) is 93.5 Å². The van der Waals surface area contributed by atoms with E-state index in [-0.39, 0.29) is 18.5 Å². The largest absolute Gasteiger partial charge is 0.489 e. The van der Waals surface area contributed by atoms with Gasteiger partial charge in [-0.05, 0) is 31.5 Å². The third-order valence-electron chi connectivity index (χ3n) is 3.38. The molecule has 0 heterocycles. The minimum Gasteiger partial charge on any atom is -0.489 e. The van der Waals surface area contributed by atoms with Crippen LogP contribution < -0.4 is 21.1 Å². The summed E-state index contributed by atoms with van der Waals surface area (Å²) < 4.78 is 5.67. The number of anilines is 1. The zero-order valence-corrected chi connectivity index (χ0v) is 14.4. The van der Waals surface area contributed by atoms with Crippen molar-refractivity contribution >= 4 is 17.5 Å². The first-order chi connectivity index (χ1) is 12.0. The van der Waals surface area contributed by atoms with Gasteiger partial charge in [0, 0.05) is 17.8 Å². The predicted octanol–water partition coefficient (Wildman–Crippen LogP) is 2.10. The van der Waals surface area contributed by atoms with Crippen molar-refractivity contribution in [2.45, 2.75) is 26.5 Å². The predicted molar refractivity (Wildman–Crippen MR) is 97.2 cm³/mol. The Morgan fingerprint density at radius 3 is 2.48 bits per heavy atom. The summed E-state index contributed by atoms with van der Waals surface area (Å²) in [5, 5.41) is 5.25. The molecular formula is C19H23N3O3. The van der Waals surface area contributed by atoms with Crippen molar-refractivity contribution in [1.82, 2.24) is 10.6 Å². The molecule has 0 unspecified atom stereocenters. The molecule has 0 aliphatic heterocycles. The van der Waals surface area contributed by atoms with Crippen molar-refractivity contribution in [3.63, 3.8) is 0 Å². The normalized spacial score (nSPS) is 10.4. The Balaban J connectivity index is 1.92. The van der Waals surface area contributed by atoms with E-state index in [0.717, 1.165) is 5.56 Å². The van der Waals surface area contributed by atoms with Crippen LogP contribution in [0.15, 0.2) is 48.5 Å². The molecule has 0 aliphatic rings. The minimum atomic E-state index is -0.397. The lowest BCUT2D eigenvalue weighted by Crippen LogP contribution is -2.39. The van der Waals surface area contributed by atoms with E-state index in [1.165, 1.54) is 0 Å². The van der Waals surface area contributed by atoms with Gasteiger partial charge in [0.2, 0.25) is 5.91 Å². The van der Waals surface area contributed by atoms with Crippen LogP contribution in [0.4, 0.5) is 5.69 Å². The number of carbonyl (C=O) groups excluding carboxylic acids is 2. The summed E-state index contributed by atoms with van der Waals surface area (Å²) >= 11 is 0. The van der Waals surface area contributed by atoms with Gasteiger partial charge < -0.3 is 21.1 Å². The van der Waals surface area contributed by atoms with E-state index < -0.39 is 5.91 Å². The maximum absolute atomic E-state index is 12.1. The van der Waals surface area contributed by atoms with Crippen molar-refractivity contribution < 1.29 is 14.3 Å². The summed E-state index contributed by atoms with van der Waals surface area (Å²) in [5.41, 5.74) is 7.59. The second kappa shape index (κ2) is 8.73. The van der Waals surface area contributed by atoms with Crippen LogP contribution in [0.5, 0.6) is 5.75 Å². The summed E-state index contributed by atoms with van der Waals surface area (Å²) in [4.78, 5) is 23.7. The third kappa shape index (κ3) is 5.84. The van der Waals surface area contributed by atoms with Gasteiger partial charge in [0.1, 0.15) is 12.4 Å². The van der Waals surface area contributed by atoms with Crippen LogP contribution in [-0.4, -0.2) is 24.4 Å². The van der Waals surface area contributed by atoms with Gasteiger partial charge in [-0.3, -0.25) is 9.59 Å². The summed E-state index contributed by atoms with van der Waals surface area (Å²) in [7, 11) is 0. The number of nitrogens with one attached hydrogen (secondary N) is 2. The Morgan fingerprint density at radius 2 is 1.84 bits per heavy atom. The highest BCUT2D eigenvalue weighted by molar-refractivity contribution is 6.00. The highest BCUT2D eigenvalue weighted by Gasteiger charge is 2.12. The number of hydrogen-bond donors (Lipinski definition) is 3. The van der Waals surface area contributed by atoms with Gasteiger partial charge in [0.15, 0.2) is 0 Å². The quantitative estimate of drug-likeness (QED) is 0.672. The minimum absolute atomic E-state index is 0.0236. The van der Waals surface area contributed by atoms with Gasteiger partial charge in [-0.15, -0.1) is 0 Å². The van der Waals surface area contributed by atoms with Crippen LogP contribution >= 0.6 is 0 Å². The zero-order valence-electron chi connectivity index (χ0n) is 14.4. The van der Waals surface area contributed by atoms with Crippen LogP contribution in [0, 0.1) is 0 Å². The Bertz CT molecular complexity index is 730. The van der Waals surface area contributed by atoms with E-state index in [4.69, 9.17) is 10.5 Å². The molecule has 0 fully saturated rings. The number of hydrogen-bond acceptors (Lipinski definition) is 4. The SMILES string of the molecule is CC(C)NC(=O)CNC(=O)c1ccc(OCc2ccccc2)cc1N. The van der Waals surface area contributed by atoms with Crippen molar-refractivity contribution in [3.8, 4) is 5.75 Å². The van der Waals surface area contributed by atoms with Gasteiger partial charge >= 0.3 is 0 Å². The van der Waals surface area contributed by atoms with Crippen LogP contribution in [0.2, 0.25) is 0 Å². The Labute approximate surface area is 147 Å². The summed E-state index contributed by atoms with van der Waals surface area (Å²) in [6, 6.07) is 14.7. The van der Waals surface area contributed by atoms with E-state index >= 15 is 0 Å². The van der Waals surface area contributed by atoms with Gasteiger partial charge in [-0.2, -0.15) is 0 Å². The van der Waals surface area contributed by atoms with Crippen molar-refractivity contribution in [2.24, 2.45) is 0 Å². The van der Waals surface area contributed by atoms with Gasteiger partial charge in [0.05, 0.1) is 12.1 Å². The van der Waals surface area contributed by atoms with E-state index in [1.807, 2.05) is 44.2 Å². The van der Waals surface area contributed by atoms with Gasteiger partial charge in [-0.25, -0.2) is 0 Å². The molecule has 6 nitrogen and oxygen atoms in total. The molecule has 132 valence electrons. The molecule has 2 aromatic rings. The van der Waals surface area contributed by atoms with Gasteiger partial charge in [0.25, 0.3) is 5.91 Å². The maximum atomic E-state index is 12.1. The van der Waals surface area contributed by atoms with E-state index in [0.29, 0.717) is 23.6 Å². The molecule has 25 heavy (non-hydrogen) atoms. The Kier molecular flexibility index (Phi) is 6.39. The van der Waals surface area contributed by atoms with E-state index in [1.54, 1.807) is 18.2 Å². The lowest BCUT2D eigenvalue weighted by Gasteiger charge is -2.12. The first kappa shape index (κ1) is 18.3. The molecule has 6 heteroatoms. The van der Waals surface area contributed by atoms with Crippen molar-refractivity contribution in [1.29, 1.82) is 0 Å². The average Bonchev–Trinajstić information content (AvgIpc) is 2.58. The number of amides is 2. The number of benzene rings is 2. The number of rotatable bonds is 7. The Hall–Kier alpha value is -3.02. The smallest absolute Gasteiger partial charge is 0.253 e. The molecule has 0 aromatic heterocycles. The summed E-state index contributed by atoms with van der Waals surface area (Å²) in [6.07, 6.45) is 0. The fraction of sp³-hybridized carbons (Fsp3) is 0.263. The molecule has 2 amide bonds. The highest BCUT2D eigenvalue weighted by Crippen LogP contribution is 2.21. The molecular weight excluding hydrogens is 318 g/mol. The lowest BCUT2D eigenvalue weighted by molar-refractivity contribution is -0.120. The maximum Gasteiger partial charge on any atom is 0.253 e. The molecule has 0 saturated heterocycles. The van der Waals surface area contributed by atoms with E-state index in [9.17, 15) is 9.59 Å². The van der Waals surface area contributed by atoms with Crippen LogP contribution in [-0.2, 0) is 11.4 Å². The first-order valence-corrected chi connectivity index (χ1v) is 8.09. The monoisotopic (exact) mass is 341 g/mol. The van der Waals surface area contributed by atoms with Crippen molar-refractivity contribution in [3.05, 3.63) is 59.7 Å². The van der Waals surface area contributed by atoms with E-state index in [2.05, 4.69) is 10.6 Å². The molecule has 0 atom stereocenters. The first-order valence-electron chi connectivity index (χ1n) is 8.09.